The lowest BCUT2D eigenvalue weighted by Crippen LogP contribution is -2.47. The summed E-state index contributed by atoms with van der Waals surface area (Å²) in [6.45, 7) is 11.7. The van der Waals surface area contributed by atoms with Gasteiger partial charge in [0.15, 0.2) is 0 Å². The minimum atomic E-state index is 0.393. The molecule has 1 saturated heterocycles. The van der Waals surface area contributed by atoms with Gasteiger partial charge >= 0.3 is 0 Å². The van der Waals surface area contributed by atoms with Crippen LogP contribution in [-0.2, 0) is 0 Å². The maximum Gasteiger partial charge on any atom is 0.00927 e. The lowest BCUT2D eigenvalue weighted by Gasteiger charge is -2.41. The van der Waals surface area contributed by atoms with E-state index in [0.29, 0.717) is 6.04 Å². The molecule has 90 valence electrons. The van der Waals surface area contributed by atoms with Gasteiger partial charge in [0.25, 0.3) is 0 Å². The van der Waals surface area contributed by atoms with E-state index < -0.39 is 0 Å². The number of nitrogens with two attached hydrogens (primary N) is 1. The van der Waals surface area contributed by atoms with Gasteiger partial charge in [0.1, 0.15) is 0 Å². The molecule has 1 fully saturated rings. The molecule has 0 aromatic heterocycles. The van der Waals surface area contributed by atoms with E-state index in [1.165, 1.54) is 19.5 Å². The molecule has 0 aliphatic carbocycles. The molecule has 1 rings (SSSR count). The van der Waals surface area contributed by atoms with E-state index in [2.05, 4.69) is 32.6 Å². The van der Waals surface area contributed by atoms with Crippen LogP contribution < -0.4 is 5.73 Å². The van der Waals surface area contributed by atoms with Crippen molar-refractivity contribution in [2.24, 2.45) is 17.6 Å². The highest BCUT2D eigenvalue weighted by molar-refractivity contribution is 4.82. The molecule has 2 heteroatoms. The van der Waals surface area contributed by atoms with E-state index >= 15 is 0 Å². The summed E-state index contributed by atoms with van der Waals surface area (Å²) < 4.78 is 0. The van der Waals surface area contributed by atoms with E-state index in [-0.39, 0.29) is 0 Å². The van der Waals surface area contributed by atoms with Crippen LogP contribution in [0.2, 0.25) is 0 Å². The fraction of sp³-hybridized carbons (Fsp3) is 1.00. The van der Waals surface area contributed by atoms with Crippen LogP contribution >= 0.6 is 0 Å². The van der Waals surface area contributed by atoms with Gasteiger partial charge in [-0.2, -0.15) is 0 Å². The fourth-order valence-electron chi connectivity index (χ4n) is 2.66. The smallest absolute Gasteiger partial charge is 0.00927 e. The minimum absolute atomic E-state index is 0.393. The third-order valence-electron chi connectivity index (χ3n) is 4.03. The van der Waals surface area contributed by atoms with Gasteiger partial charge in [-0.3, -0.25) is 0 Å². The minimum Gasteiger partial charge on any atom is -0.328 e. The summed E-state index contributed by atoms with van der Waals surface area (Å²) in [5.41, 5.74) is 5.98. The number of hydrogen-bond donors (Lipinski definition) is 1. The first-order valence-electron chi connectivity index (χ1n) is 6.54. The molecule has 0 radical (unpaired) electrons. The second-order valence-electron chi connectivity index (χ2n) is 5.51. The fourth-order valence-corrected chi connectivity index (χ4v) is 2.66. The molecule has 0 aromatic carbocycles. The van der Waals surface area contributed by atoms with Crippen LogP contribution in [0.4, 0.5) is 0 Å². The van der Waals surface area contributed by atoms with Gasteiger partial charge in [-0.05, 0) is 44.6 Å². The molecule has 1 aliphatic rings. The van der Waals surface area contributed by atoms with E-state index in [9.17, 15) is 0 Å². The van der Waals surface area contributed by atoms with Crippen LogP contribution in [0.25, 0.3) is 0 Å². The van der Waals surface area contributed by atoms with E-state index in [1.54, 1.807) is 0 Å². The monoisotopic (exact) mass is 212 g/mol. The van der Waals surface area contributed by atoms with Gasteiger partial charge < -0.3 is 10.6 Å². The molecule has 0 bridgehead atoms. The van der Waals surface area contributed by atoms with Crippen LogP contribution in [0.15, 0.2) is 0 Å². The van der Waals surface area contributed by atoms with Gasteiger partial charge in [-0.1, -0.05) is 20.8 Å². The number of nitrogens with zero attached hydrogens (tertiary/aromatic N) is 1. The Morgan fingerprint density at radius 3 is 2.60 bits per heavy atom. The highest BCUT2D eigenvalue weighted by atomic mass is 15.2. The quantitative estimate of drug-likeness (QED) is 0.776. The SMILES string of the molecule is CCC(N)CCN1CC(C)CC(C)C1C. The van der Waals surface area contributed by atoms with Crippen LogP contribution in [0.5, 0.6) is 0 Å². The molecule has 0 amide bonds. The highest BCUT2D eigenvalue weighted by Crippen LogP contribution is 2.26. The second kappa shape index (κ2) is 5.86. The Morgan fingerprint density at radius 1 is 1.33 bits per heavy atom. The summed E-state index contributed by atoms with van der Waals surface area (Å²) in [6.07, 6.45) is 3.64. The predicted octanol–water partition coefficient (Wildman–Crippen LogP) is 2.48. The number of rotatable bonds is 4. The van der Waals surface area contributed by atoms with Crippen molar-refractivity contribution < 1.29 is 0 Å². The Hall–Kier alpha value is -0.0800. The molecule has 4 atom stereocenters. The van der Waals surface area contributed by atoms with E-state index in [0.717, 1.165) is 30.7 Å². The van der Waals surface area contributed by atoms with Crippen molar-refractivity contribution in [3.05, 3.63) is 0 Å². The highest BCUT2D eigenvalue weighted by Gasteiger charge is 2.28. The van der Waals surface area contributed by atoms with Gasteiger partial charge in [-0.25, -0.2) is 0 Å². The summed E-state index contributed by atoms with van der Waals surface area (Å²) in [5, 5.41) is 0. The predicted molar refractivity (Wildman–Crippen MR) is 66.9 cm³/mol. The lowest BCUT2D eigenvalue weighted by atomic mass is 9.86. The van der Waals surface area contributed by atoms with Gasteiger partial charge in [0.2, 0.25) is 0 Å². The third-order valence-corrected chi connectivity index (χ3v) is 4.03. The topological polar surface area (TPSA) is 29.3 Å². The third kappa shape index (κ3) is 3.76. The standard InChI is InChI=1S/C13H28N2/c1-5-13(14)6-7-15-9-10(2)8-11(3)12(15)4/h10-13H,5-9,14H2,1-4H3. The van der Waals surface area contributed by atoms with E-state index in [1.807, 2.05) is 0 Å². The summed E-state index contributed by atoms with van der Waals surface area (Å²) in [6, 6.07) is 1.13. The lowest BCUT2D eigenvalue weighted by molar-refractivity contribution is 0.0769. The molecule has 0 aromatic rings. The number of hydrogen-bond acceptors (Lipinski definition) is 2. The molecular formula is C13H28N2. The molecule has 1 aliphatic heterocycles. The number of piperidine rings is 1. The first-order chi connectivity index (χ1) is 7.04. The zero-order chi connectivity index (χ0) is 11.4. The molecule has 1 heterocycles. The zero-order valence-corrected chi connectivity index (χ0v) is 10.9. The van der Waals surface area contributed by atoms with Crippen molar-refractivity contribution in [3.63, 3.8) is 0 Å². The largest absolute Gasteiger partial charge is 0.328 e. The Labute approximate surface area is 95.2 Å². The second-order valence-corrected chi connectivity index (χ2v) is 5.51. The molecule has 0 saturated carbocycles. The van der Waals surface area contributed by atoms with Gasteiger partial charge in [-0.15, -0.1) is 0 Å². The van der Waals surface area contributed by atoms with Crippen LogP contribution in [-0.4, -0.2) is 30.1 Å². The molecule has 2 nitrogen and oxygen atoms in total. The average molecular weight is 212 g/mol. The summed E-state index contributed by atoms with van der Waals surface area (Å²) >= 11 is 0. The van der Waals surface area contributed by atoms with Crippen molar-refractivity contribution in [1.29, 1.82) is 0 Å². The Kier molecular flexibility index (Phi) is 5.07. The summed E-state index contributed by atoms with van der Waals surface area (Å²) in [4.78, 5) is 2.63. The Morgan fingerprint density at radius 2 is 2.00 bits per heavy atom. The normalized spacial score (nSPS) is 35.4. The maximum absolute atomic E-state index is 5.98. The van der Waals surface area contributed by atoms with Crippen molar-refractivity contribution >= 4 is 0 Å². The van der Waals surface area contributed by atoms with Crippen LogP contribution in [0.1, 0.15) is 47.0 Å². The molecule has 4 unspecified atom stereocenters. The first-order valence-corrected chi connectivity index (χ1v) is 6.54. The maximum atomic E-state index is 5.98. The zero-order valence-electron chi connectivity index (χ0n) is 10.9. The Bertz CT molecular complexity index is 181. The Balaban J connectivity index is 2.38. The van der Waals surface area contributed by atoms with Crippen molar-refractivity contribution in [2.45, 2.75) is 59.0 Å². The van der Waals surface area contributed by atoms with Crippen molar-refractivity contribution in [3.8, 4) is 0 Å². The van der Waals surface area contributed by atoms with Gasteiger partial charge in [0, 0.05) is 18.6 Å². The van der Waals surface area contributed by atoms with E-state index in [4.69, 9.17) is 5.73 Å². The van der Waals surface area contributed by atoms with Crippen molar-refractivity contribution in [2.75, 3.05) is 13.1 Å². The van der Waals surface area contributed by atoms with Crippen LogP contribution in [0.3, 0.4) is 0 Å². The summed E-state index contributed by atoms with van der Waals surface area (Å²) in [5.74, 6) is 1.70. The average Bonchev–Trinajstić information content (AvgIpc) is 2.20. The first kappa shape index (κ1) is 13.0. The van der Waals surface area contributed by atoms with Crippen LogP contribution in [0, 0.1) is 11.8 Å². The molecule has 15 heavy (non-hydrogen) atoms. The van der Waals surface area contributed by atoms with Crippen molar-refractivity contribution in [1.82, 2.24) is 4.90 Å². The molecule has 0 spiro atoms. The molecular weight excluding hydrogens is 184 g/mol. The molecule has 2 N–H and O–H groups in total. The number of likely N-dealkylation sites (tertiary alicyclic amines) is 1. The summed E-state index contributed by atoms with van der Waals surface area (Å²) in [7, 11) is 0. The van der Waals surface area contributed by atoms with Gasteiger partial charge in [0.05, 0.1) is 0 Å².